The zero-order valence-electron chi connectivity index (χ0n) is 14.3. The summed E-state index contributed by atoms with van der Waals surface area (Å²) in [6.07, 6.45) is 1.55. The number of nitrogens with zero attached hydrogens (tertiary/aromatic N) is 2. The fraction of sp³-hybridized carbons (Fsp3) is 0.875. The molecule has 1 rings (SSSR count). The average Bonchev–Trinajstić information content (AvgIpc) is 2.34. The number of rotatable bonds is 3. The molecule has 1 aliphatic rings. The monoisotopic (exact) mass is 298 g/mol. The predicted molar refractivity (Wildman–Crippen MR) is 83.1 cm³/mol. The van der Waals surface area contributed by atoms with E-state index in [1.165, 1.54) is 0 Å². The van der Waals surface area contributed by atoms with Crippen molar-refractivity contribution in [1.29, 1.82) is 0 Å². The molecule has 2 amide bonds. The quantitative estimate of drug-likeness (QED) is 0.805. The number of likely N-dealkylation sites (tertiary alicyclic amines) is 1. The third-order valence-corrected chi connectivity index (χ3v) is 3.84. The van der Waals surface area contributed by atoms with E-state index in [-0.39, 0.29) is 18.0 Å². The standard InChI is InChI=1S/C16H30N2O3/c1-7-9-18(13(3)19)14-11-17(10-8-12(14)2)15(20)21-16(4,5)6/h12,14H,7-11H2,1-6H3. The van der Waals surface area contributed by atoms with E-state index in [1.54, 1.807) is 11.8 Å². The second kappa shape index (κ2) is 7.14. The van der Waals surface area contributed by atoms with Gasteiger partial charge in [0, 0.05) is 26.6 Å². The molecule has 0 aliphatic carbocycles. The molecule has 1 heterocycles. The van der Waals surface area contributed by atoms with Crippen molar-refractivity contribution in [3.8, 4) is 0 Å². The van der Waals surface area contributed by atoms with Gasteiger partial charge in [0.2, 0.25) is 5.91 Å². The van der Waals surface area contributed by atoms with E-state index < -0.39 is 5.60 Å². The van der Waals surface area contributed by atoms with Crippen LogP contribution in [0.5, 0.6) is 0 Å². The first-order valence-corrected chi connectivity index (χ1v) is 7.90. The highest BCUT2D eigenvalue weighted by Crippen LogP contribution is 2.24. The van der Waals surface area contributed by atoms with Crippen molar-refractivity contribution in [3.63, 3.8) is 0 Å². The van der Waals surface area contributed by atoms with Crippen molar-refractivity contribution < 1.29 is 14.3 Å². The summed E-state index contributed by atoms with van der Waals surface area (Å²) in [7, 11) is 0. The van der Waals surface area contributed by atoms with Gasteiger partial charge < -0.3 is 14.5 Å². The molecule has 122 valence electrons. The molecule has 5 heteroatoms. The third kappa shape index (κ3) is 5.21. The average molecular weight is 298 g/mol. The normalized spacial score (nSPS) is 22.9. The molecule has 0 bridgehead atoms. The topological polar surface area (TPSA) is 49.9 Å². The molecular weight excluding hydrogens is 268 g/mol. The molecule has 0 radical (unpaired) electrons. The molecule has 0 saturated carbocycles. The van der Waals surface area contributed by atoms with Gasteiger partial charge in [-0.3, -0.25) is 4.79 Å². The highest BCUT2D eigenvalue weighted by molar-refractivity contribution is 5.74. The van der Waals surface area contributed by atoms with Crippen molar-refractivity contribution in [3.05, 3.63) is 0 Å². The van der Waals surface area contributed by atoms with Crippen molar-refractivity contribution in [2.24, 2.45) is 5.92 Å². The number of carbonyl (C=O) groups excluding carboxylic acids is 2. The summed E-state index contributed by atoms with van der Waals surface area (Å²) in [5.41, 5.74) is -0.487. The van der Waals surface area contributed by atoms with E-state index in [4.69, 9.17) is 4.74 Å². The second-order valence-corrected chi connectivity index (χ2v) is 6.97. The highest BCUT2D eigenvalue weighted by atomic mass is 16.6. The lowest BCUT2D eigenvalue weighted by atomic mass is 9.92. The Kier molecular flexibility index (Phi) is 6.05. The van der Waals surface area contributed by atoms with Crippen LogP contribution in [0.2, 0.25) is 0 Å². The van der Waals surface area contributed by atoms with E-state index in [1.807, 2.05) is 25.7 Å². The number of piperidine rings is 1. The first kappa shape index (κ1) is 17.8. The minimum absolute atomic E-state index is 0.0831. The summed E-state index contributed by atoms with van der Waals surface area (Å²) in [4.78, 5) is 27.7. The van der Waals surface area contributed by atoms with Crippen LogP contribution in [-0.2, 0) is 9.53 Å². The summed E-state index contributed by atoms with van der Waals surface area (Å²) in [6, 6.07) is 0.0868. The molecule has 1 fully saturated rings. The summed E-state index contributed by atoms with van der Waals surface area (Å²) in [5, 5.41) is 0. The summed E-state index contributed by atoms with van der Waals surface area (Å²) in [5.74, 6) is 0.485. The number of carbonyl (C=O) groups is 2. The molecular formula is C16H30N2O3. The molecule has 1 saturated heterocycles. The van der Waals surface area contributed by atoms with Gasteiger partial charge in [-0.25, -0.2) is 4.79 Å². The molecule has 0 spiro atoms. The van der Waals surface area contributed by atoms with Gasteiger partial charge in [0.25, 0.3) is 0 Å². The largest absolute Gasteiger partial charge is 0.444 e. The first-order chi connectivity index (χ1) is 9.65. The molecule has 0 N–H and O–H groups in total. The Morgan fingerprint density at radius 3 is 2.43 bits per heavy atom. The Hall–Kier alpha value is -1.26. The van der Waals surface area contributed by atoms with Gasteiger partial charge in [0.05, 0.1) is 6.04 Å². The van der Waals surface area contributed by atoms with E-state index in [2.05, 4.69) is 13.8 Å². The predicted octanol–water partition coefficient (Wildman–Crippen LogP) is 2.89. The SMILES string of the molecule is CCCN(C(C)=O)C1CN(C(=O)OC(C)(C)C)CCC1C. The second-order valence-electron chi connectivity index (χ2n) is 6.97. The van der Waals surface area contributed by atoms with Crippen molar-refractivity contribution >= 4 is 12.0 Å². The Morgan fingerprint density at radius 1 is 1.33 bits per heavy atom. The summed E-state index contributed by atoms with van der Waals surface area (Å²) < 4.78 is 5.44. The van der Waals surface area contributed by atoms with Crippen molar-refractivity contribution in [1.82, 2.24) is 9.80 Å². The van der Waals surface area contributed by atoms with Crippen LogP contribution in [0.1, 0.15) is 54.4 Å². The van der Waals surface area contributed by atoms with Crippen molar-refractivity contribution in [2.75, 3.05) is 19.6 Å². The first-order valence-electron chi connectivity index (χ1n) is 7.90. The number of amides is 2. The van der Waals surface area contributed by atoms with E-state index in [0.717, 1.165) is 19.4 Å². The molecule has 0 aromatic heterocycles. The van der Waals surface area contributed by atoms with Gasteiger partial charge in [-0.2, -0.15) is 0 Å². The summed E-state index contributed by atoms with van der Waals surface area (Å²) in [6.45, 7) is 13.4. The number of hydrogen-bond donors (Lipinski definition) is 0. The molecule has 1 aliphatic heterocycles. The Morgan fingerprint density at radius 2 is 1.95 bits per heavy atom. The van der Waals surface area contributed by atoms with Gasteiger partial charge in [-0.1, -0.05) is 13.8 Å². The van der Waals surface area contributed by atoms with Gasteiger partial charge in [-0.15, -0.1) is 0 Å². The lowest BCUT2D eigenvalue weighted by Crippen LogP contribution is -2.55. The summed E-state index contributed by atoms with van der Waals surface area (Å²) >= 11 is 0. The van der Waals surface area contributed by atoms with Gasteiger partial charge in [0.1, 0.15) is 5.60 Å². The van der Waals surface area contributed by atoms with Gasteiger partial charge in [-0.05, 0) is 39.5 Å². The Balaban J connectivity index is 2.77. The van der Waals surface area contributed by atoms with Crippen LogP contribution < -0.4 is 0 Å². The lowest BCUT2D eigenvalue weighted by molar-refractivity contribution is -0.133. The van der Waals surface area contributed by atoms with Gasteiger partial charge in [0.15, 0.2) is 0 Å². The van der Waals surface area contributed by atoms with Gasteiger partial charge >= 0.3 is 6.09 Å². The number of hydrogen-bond acceptors (Lipinski definition) is 3. The zero-order chi connectivity index (χ0) is 16.2. The minimum atomic E-state index is -0.487. The fourth-order valence-corrected chi connectivity index (χ4v) is 2.74. The minimum Gasteiger partial charge on any atom is -0.444 e. The Labute approximate surface area is 128 Å². The maximum atomic E-state index is 12.2. The zero-order valence-corrected chi connectivity index (χ0v) is 14.3. The van der Waals surface area contributed by atoms with Crippen LogP contribution in [-0.4, -0.2) is 53.1 Å². The fourth-order valence-electron chi connectivity index (χ4n) is 2.74. The van der Waals surface area contributed by atoms with Crippen LogP contribution in [0.3, 0.4) is 0 Å². The third-order valence-electron chi connectivity index (χ3n) is 3.84. The molecule has 2 atom stereocenters. The van der Waals surface area contributed by atoms with Crippen LogP contribution in [0.4, 0.5) is 4.79 Å². The lowest BCUT2D eigenvalue weighted by Gasteiger charge is -2.42. The van der Waals surface area contributed by atoms with Crippen LogP contribution in [0, 0.1) is 5.92 Å². The smallest absolute Gasteiger partial charge is 0.410 e. The highest BCUT2D eigenvalue weighted by Gasteiger charge is 2.35. The maximum Gasteiger partial charge on any atom is 0.410 e. The molecule has 5 nitrogen and oxygen atoms in total. The Bertz CT molecular complexity index is 376. The van der Waals surface area contributed by atoms with E-state index in [0.29, 0.717) is 19.0 Å². The number of ether oxygens (including phenoxy) is 1. The molecule has 0 aromatic carbocycles. The van der Waals surface area contributed by atoms with Crippen LogP contribution in [0.15, 0.2) is 0 Å². The van der Waals surface area contributed by atoms with Crippen molar-refractivity contribution in [2.45, 2.75) is 66.0 Å². The van der Waals surface area contributed by atoms with E-state index >= 15 is 0 Å². The van der Waals surface area contributed by atoms with E-state index in [9.17, 15) is 9.59 Å². The molecule has 0 aromatic rings. The maximum absolute atomic E-state index is 12.2. The molecule has 2 unspecified atom stereocenters. The van der Waals surface area contributed by atoms with Crippen LogP contribution in [0.25, 0.3) is 0 Å². The molecule has 21 heavy (non-hydrogen) atoms. The van der Waals surface area contributed by atoms with Crippen LogP contribution >= 0.6 is 0 Å².